The number of nitrogens with one attached hydrogen (secondary N) is 1. The van der Waals surface area contributed by atoms with Gasteiger partial charge in [-0.3, -0.25) is 4.98 Å². The number of aliphatic hydroxyl groups is 1. The second kappa shape index (κ2) is 10.5. The highest BCUT2D eigenvalue weighted by atomic mass is 19.4. The van der Waals surface area contributed by atoms with Gasteiger partial charge in [-0.1, -0.05) is 12.1 Å². The summed E-state index contributed by atoms with van der Waals surface area (Å²) in [6.07, 6.45) is -16.9. The van der Waals surface area contributed by atoms with Crippen LogP contribution in [0, 0.1) is 5.82 Å². The number of hydrogen-bond acceptors (Lipinski definition) is 4. The van der Waals surface area contributed by atoms with E-state index in [1.54, 1.807) is 0 Å². The van der Waals surface area contributed by atoms with Gasteiger partial charge in [-0.25, -0.2) is 4.39 Å². The summed E-state index contributed by atoms with van der Waals surface area (Å²) in [5.74, 6) is -1.67. The fraction of sp³-hybridized carbons (Fsp3) is 0.261. The number of hydrogen-bond donors (Lipinski definition) is 2. The fourth-order valence-corrected chi connectivity index (χ4v) is 3.22. The molecule has 2 atom stereocenters. The van der Waals surface area contributed by atoms with Crippen LogP contribution in [0.5, 0.6) is 11.5 Å². The number of halogens is 10. The Balaban J connectivity index is 2.01. The van der Waals surface area contributed by atoms with Crippen molar-refractivity contribution in [2.45, 2.75) is 30.7 Å². The quantitative estimate of drug-likeness (QED) is 0.328. The molecule has 0 saturated heterocycles. The van der Waals surface area contributed by atoms with Crippen LogP contribution < -0.4 is 10.1 Å². The van der Waals surface area contributed by atoms with Crippen molar-refractivity contribution < 1.29 is 53.7 Å². The first-order valence-corrected chi connectivity index (χ1v) is 10.2. The first-order chi connectivity index (χ1) is 17.1. The number of ether oxygens (including phenoxy) is 1. The molecule has 1 unspecified atom stereocenters. The third kappa shape index (κ3) is 7.32. The summed E-state index contributed by atoms with van der Waals surface area (Å²) in [7, 11) is 0. The lowest BCUT2D eigenvalue weighted by atomic mass is 9.95. The van der Waals surface area contributed by atoms with Crippen LogP contribution >= 0.6 is 0 Å². The number of benzene rings is 2. The minimum Gasteiger partial charge on any atom is -0.457 e. The zero-order valence-electron chi connectivity index (χ0n) is 18.2. The summed E-state index contributed by atoms with van der Waals surface area (Å²) < 4.78 is 137. The second-order valence-electron chi connectivity index (χ2n) is 7.68. The Bertz CT molecular complexity index is 1230. The van der Waals surface area contributed by atoms with Crippen LogP contribution in [0.2, 0.25) is 0 Å². The van der Waals surface area contributed by atoms with Crippen molar-refractivity contribution in [3.05, 3.63) is 89.0 Å². The Kier molecular flexibility index (Phi) is 8.03. The van der Waals surface area contributed by atoms with Gasteiger partial charge in [0.25, 0.3) is 0 Å². The number of rotatable bonds is 7. The number of aromatic nitrogens is 1. The van der Waals surface area contributed by atoms with E-state index in [1.807, 2.05) is 0 Å². The molecular formula is C23H16F10N2O2. The van der Waals surface area contributed by atoms with Gasteiger partial charge < -0.3 is 15.2 Å². The molecule has 0 radical (unpaired) electrons. The van der Waals surface area contributed by atoms with Crippen molar-refractivity contribution in [2.24, 2.45) is 0 Å². The Morgan fingerprint density at radius 1 is 0.838 bits per heavy atom. The van der Waals surface area contributed by atoms with Gasteiger partial charge in [-0.15, -0.1) is 0 Å². The minimum absolute atomic E-state index is 0.102. The predicted octanol–water partition coefficient (Wildman–Crippen LogP) is 6.65. The largest absolute Gasteiger partial charge is 0.457 e. The first-order valence-electron chi connectivity index (χ1n) is 10.2. The van der Waals surface area contributed by atoms with Gasteiger partial charge in [0.15, 0.2) is 6.10 Å². The molecule has 0 amide bonds. The lowest BCUT2D eigenvalue weighted by molar-refractivity contribution is -0.202. The molecule has 1 aromatic heterocycles. The smallest absolute Gasteiger partial charge is 0.433 e. The van der Waals surface area contributed by atoms with Gasteiger partial charge in [-0.2, -0.15) is 39.5 Å². The van der Waals surface area contributed by atoms with Gasteiger partial charge in [0.2, 0.25) is 0 Å². The number of alkyl halides is 9. The normalized spacial score (nSPS) is 14.4. The Morgan fingerprint density at radius 3 is 2.14 bits per heavy atom. The van der Waals surface area contributed by atoms with Gasteiger partial charge in [-0.05, 0) is 42.0 Å². The summed E-state index contributed by atoms with van der Waals surface area (Å²) in [5.41, 5.74) is -3.34. The SMILES string of the molecule is O[C@H](CNC(c1cccc(Oc2ccnc(C(F)(F)F)c2)c1)c1cc(C(F)(F)F)ccc1F)C(F)(F)F. The molecule has 2 N–H and O–H groups in total. The molecule has 0 spiro atoms. The molecule has 3 aromatic rings. The molecule has 3 rings (SSSR count). The van der Waals surface area contributed by atoms with Gasteiger partial charge in [0, 0.05) is 24.4 Å². The topological polar surface area (TPSA) is 54.4 Å². The van der Waals surface area contributed by atoms with Crippen LogP contribution in [0.3, 0.4) is 0 Å². The maximum Gasteiger partial charge on any atom is 0.433 e. The zero-order chi connectivity index (χ0) is 27.6. The van der Waals surface area contributed by atoms with E-state index in [2.05, 4.69) is 10.3 Å². The summed E-state index contributed by atoms with van der Waals surface area (Å²) in [6.45, 7) is -1.21. The summed E-state index contributed by atoms with van der Waals surface area (Å²) in [4.78, 5) is 3.17. The van der Waals surface area contributed by atoms with E-state index in [1.165, 1.54) is 18.2 Å². The van der Waals surface area contributed by atoms with Crippen LogP contribution in [0.15, 0.2) is 60.8 Å². The van der Waals surface area contributed by atoms with Crippen LogP contribution in [-0.4, -0.2) is 28.9 Å². The number of aliphatic hydroxyl groups excluding tert-OH is 1. The molecule has 14 heteroatoms. The van der Waals surface area contributed by atoms with Crippen LogP contribution in [-0.2, 0) is 12.4 Å². The maximum atomic E-state index is 14.6. The van der Waals surface area contributed by atoms with E-state index in [0.717, 1.165) is 18.3 Å². The summed E-state index contributed by atoms with van der Waals surface area (Å²) >= 11 is 0. The zero-order valence-corrected chi connectivity index (χ0v) is 18.2. The van der Waals surface area contributed by atoms with Crippen molar-refractivity contribution >= 4 is 0 Å². The molecule has 0 aliphatic heterocycles. The van der Waals surface area contributed by atoms with E-state index in [-0.39, 0.29) is 17.1 Å². The van der Waals surface area contributed by atoms with Crippen molar-refractivity contribution in [1.82, 2.24) is 10.3 Å². The van der Waals surface area contributed by atoms with E-state index < -0.39 is 59.9 Å². The average molecular weight is 542 g/mol. The van der Waals surface area contributed by atoms with Crippen LogP contribution in [0.1, 0.15) is 28.4 Å². The molecule has 37 heavy (non-hydrogen) atoms. The van der Waals surface area contributed by atoms with Gasteiger partial charge in [0.05, 0.1) is 11.6 Å². The number of nitrogens with zero attached hydrogens (tertiary/aromatic N) is 1. The molecular weight excluding hydrogens is 526 g/mol. The maximum absolute atomic E-state index is 14.6. The van der Waals surface area contributed by atoms with Gasteiger partial charge in [0.1, 0.15) is 23.0 Å². The molecule has 2 aromatic carbocycles. The molecule has 4 nitrogen and oxygen atoms in total. The standard InChI is InChI=1S/C23H16F10N2O2/c24-17-5-4-13(21(25,26)27)9-16(17)20(35-11-19(36)23(31,32)33)12-2-1-3-14(8-12)37-15-6-7-34-18(10-15)22(28,29)30/h1-10,19-20,35-36H,11H2/t19-,20?/m1/s1. The second-order valence-corrected chi connectivity index (χ2v) is 7.68. The Labute approximate surface area is 202 Å². The molecule has 0 bridgehead atoms. The van der Waals surface area contributed by atoms with Crippen molar-refractivity contribution in [3.63, 3.8) is 0 Å². The van der Waals surface area contributed by atoms with Gasteiger partial charge >= 0.3 is 18.5 Å². The van der Waals surface area contributed by atoms with E-state index in [0.29, 0.717) is 24.3 Å². The third-order valence-corrected chi connectivity index (χ3v) is 4.98. The Morgan fingerprint density at radius 2 is 1.51 bits per heavy atom. The van der Waals surface area contributed by atoms with Crippen molar-refractivity contribution in [3.8, 4) is 11.5 Å². The predicted molar refractivity (Wildman–Crippen MR) is 109 cm³/mol. The molecule has 1 heterocycles. The lowest BCUT2D eigenvalue weighted by Crippen LogP contribution is -2.40. The summed E-state index contributed by atoms with van der Waals surface area (Å²) in [5, 5.41) is 11.5. The third-order valence-electron chi connectivity index (χ3n) is 4.98. The molecule has 0 aliphatic carbocycles. The molecule has 0 fully saturated rings. The highest BCUT2D eigenvalue weighted by molar-refractivity contribution is 5.41. The molecule has 0 saturated carbocycles. The summed E-state index contributed by atoms with van der Waals surface area (Å²) in [6, 6.07) is 6.16. The monoisotopic (exact) mass is 542 g/mol. The highest BCUT2D eigenvalue weighted by Crippen LogP contribution is 2.36. The van der Waals surface area contributed by atoms with E-state index in [9.17, 15) is 49.0 Å². The van der Waals surface area contributed by atoms with Crippen LogP contribution in [0.25, 0.3) is 0 Å². The molecule has 0 aliphatic rings. The van der Waals surface area contributed by atoms with E-state index >= 15 is 0 Å². The average Bonchev–Trinajstić information content (AvgIpc) is 2.78. The number of pyridine rings is 1. The fourth-order valence-electron chi connectivity index (χ4n) is 3.22. The van der Waals surface area contributed by atoms with E-state index in [4.69, 9.17) is 4.74 Å². The van der Waals surface area contributed by atoms with Crippen molar-refractivity contribution in [1.29, 1.82) is 0 Å². The minimum atomic E-state index is -5.08. The van der Waals surface area contributed by atoms with Crippen LogP contribution in [0.4, 0.5) is 43.9 Å². The van der Waals surface area contributed by atoms with Crippen molar-refractivity contribution in [2.75, 3.05) is 6.54 Å². The first kappa shape index (κ1) is 28.2. The lowest BCUT2D eigenvalue weighted by Gasteiger charge is -2.24. The Hall–Kier alpha value is -3.39. The molecule has 200 valence electrons. The highest BCUT2D eigenvalue weighted by Gasteiger charge is 2.39.